The van der Waals surface area contributed by atoms with Crippen LogP contribution in [0.2, 0.25) is 0 Å². The number of carbonyl (C=O) groups is 4. The molecular weight excluding hydrogens is 719 g/mol. The molecule has 0 bridgehead atoms. The molecule has 0 radical (unpaired) electrons. The van der Waals surface area contributed by atoms with Gasteiger partial charge in [0.05, 0.1) is 6.04 Å². The Hall–Kier alpha value is -5.78. The molecular formula is C45H53N7O5. The van der Waals surface area contributed by atoms with Gasteiger partial charge in [-0.25, -0.2) is 4.79 Å². The molecule has 0 spiro atoms. The predicted molar refractivity (Wildman–Crippen MR) is 217 cm³/mol. The fourth-order valence-corrected chi connectivity index (χ4v) is 8.12. The molecule has 57 heavy (non-hydrogen) atoms. The molecule has 5 unspecified atom stereocenters. The molecule has 3 aliphatic rings. The lowest BCUT2D eigenvalue weighted by Crippen LogP contribution is -2.60. The summed E-state index contributed by atoms with van der Waals surface area (Å²) in [6.07, 6.45) is 5.62. The number of hydrogen-bond donors (Lipinski definition) is 3. The molecule has 2 aliphatic carbocycles. The van der Waals surface area contributed by atoms with Crippen molar-refractivity contribution in [1.29, 1.82) is 0 Å². The average molecular weight is 772 g/mol. The highest BCUT2D eigenvalue weighted by Gasteiger charge is 2.61. The lowest BCUT2D eigenvalue weighted by Gasteiger charge is -2.35. The topological polar surface area (TPSA) is 148 Å². The van der Waals surface area contributed by atoms with E-state index in [9.17, 15) is 19.2 Å². The van der Waals surface area contributed by atoms with Gasteiger partial charge < -0.3 is 25.6 Å². The molecule has 3 aromatic carbocycles. The van der Waals surface area contributed by atoms with Crippen molar-refractivity contribution in [3.63, 3.8) is 0 Å². The van der Waals surface area contributed by atoms with Crippen LogP contribution in [0.4, 0.5) is 4.79 Å². The van der Waals surface area contributed by atoms with Crippen LogP contribution < -0.4 is 16.0 Å². The molecule has 1 aliphatic heterocycles. The number of nitrogens with one attached hydrogen (secondary N) is 3. The van der Waals surface area contributed by atoms with E-state index in [2.05, 4.69) is 22.5 Å². The Kier molecular flexibility index (Phi) is 11.6. The van der Waals surface area contributed by atoms with Crippen molar-refractivity contribution in [2.45, 2.75) is 95.5 Å². The second-order valence-corrected chi connectivity index (χ2v) is 16.6. The number of rotatable bonds is 13. The number of amides is 4. The van der Waals surface area contributed by atoms with Crippen molar-refractivity contribution in [1.82, 2.24) is 35.8 Å². The molecule has 4 amide bonds. The fourth-order valence-electron chi connectivity index (χ4n) is 8.12. The van der Waals surface area contributed by atoms with E-state index >= 15 is 0 Å². The first-order valence-electron chi connectivity index (χ1n) is 20.1. The lowest BCUT2D eigenvalue weighted by atomic mass is 9.85. The van der Waals surface area contributed by atoms with E-state index in [0.717, 1.165) is 42.4 Å². The van der Waals surface area contributed by atoms with Crippen molar-refractivity contribution >= 4 is 23.8 Å². The molecule has 1 saturated heterocycles. The number of hydrogen-bond acceptors (Lipinski definition) is 7. The molecule has 3 fully saturated rings. The van der Waals surface area contributed by atoms with Gasteiger partial charge in [0.2, 0.25) is 17.7 Å². The Morgan fingerprint density at radius 1 is 0.895 bits per heavy atom. The van der Waals surface area contributed by atoms with E-state index in [4.69, 9.17) is 14.9 Å². The largest absolute Gasteiger partial charge is 0.446 e. The second kappa shape index (κ2) is 16.8. The van der Waals surface area contributed by atoms with Gasteiger partial charge in [0.1, 0.15) is 35.1 Å². The third kappa shape index (κ3) is 8.80. The maximum atomic E-state index is 14.8. The molecule has 2 saturated carbocycles. The minimum Gasteiger partial charge on any atom is -0.446 e. The molecule has 12 heteroatoms. The summed E-state index contributed by atoms with van der Waals surface area (Å²) < 4.78 is 5.72. The smallest absolute Gasteiger partial charge is 0.408 e. The van der Waals surface area contributed by atoms with Crippen LogP contribution in [0.3, 0.4) is 0 Å². The van der Waals surface area contributed by atoms with Crippen molar-refractivity contribution in [2.75, 3.05) is 13.1 Å². The summed E-state index contributed by atoms with van der Waals surface area (Å²) in [6, 6.07) is 26.9. The van der Waals surface area contributed by atoms with Crippen LogP contribution in [0.15, 0.2) is 104 Å². The normalized spacial score (nSPS) is 22.4. The lowest BCUT2D eigenvalue weighted by molar-refractivity contribution is -0.143. The molecule has 298 valence electrons. The standard InChI is InChI=1S/C45H53N7O5/c1-5-33-28-45(33,42(55)46-26-25-30-17-9-6-10-18-30)48-40(53)36-27-34(29-51(36)41(54)39(44(2,3)4)47-43(56)57-35-23-15-16-24-35)52-49-37(31-19-11-7-12-20-31)38(50-52)32-21-13-8-14-22-32/h5-14,17-22,33-36,39H,1,15-16,23-29H2,2-4H3,(H,46,55)(H,47,56)(H,48,53). The van der Waals surface area contributed by atoms with Crippen LogP contribution in [0.25, 0.3) is 22.5 Å². The Morgan fingerprint density at radius 2 is 1.47 bits per heavy atom. The zero-order valence-corrected chi connectivity index (χ0v) is 33.0. The predicted octanol–water partition coefficient (Wildman–Crippen LogP) is 6.26. The highest BCUT2D eigenvalue weighted by atomic mass is 16.6. The summed E-state index contributed by atoms with van der Waals surface area (Å²) in [5.41, 5.74) is 2.27. The fraction of sp³-hybridized carbons (Fsp3) is 0.422. The van der Waals surface area contributed by atoms with E-state index in [1.165, 1.54) is 4.90 Å². The first-order valence-corrected chi connectivity index (χ1v) is 20.1. The first kappa shape index (κ1) is 39.5. The van der Waals surface area contributed by atoms with E-state index in [-0.39, 0.29) is 30.9 Å². The van der Waals surface area contributed by atoms with E-state index in [1.807, 2.05) is 112 Å². The number of carbonyl (C=O) groups excluding carboxylic acids is 4. The Labute approximate surface area is 334 Å². The monoisotopic (exact) mass is 771 g/mol. The number of nitrogens with zero attached hydrogens (tertiary/aromatic N) is 4. The van der Waals surface area contributed by atoms with Gasteiger partial charge >= 0.3 is 6.09 Å². The molecule has 5 atom stereocenters. The van der Waals surface area contributed by atoms with Crippen molar-refractivity contribution in [2.24, 2.45) is 11.3 Å². The summed E-state index contributed by atoms with van der Waals surface area (Å²) in [5, 5.41) is 18.9. The summed E-state index contributed by atoms with van der Waals surface area (Å²) in [6.45, 7) is 10.0. The molecule has 2 heterocycles. The van der Waals surface area contributed by atoms with Crippen LogP contribution in [0.5, 0.6) is 0 Å². The maximum Gasteiger partial charge on any atom is 0.408 e. The third-order valence-electron chi connectivity index (χ3n) is 11.5. The molecule has 12 nitrogen and oxygen atoms in total. The quantitative estimate of drug-likeness (QED) is 0.136. The van der Waals surface area contributed by atoms with Crippen LogP contribution in [0, 0.1) is 11.3 Å². The minimum absolute atomic E-state index is 0.0984. The Bertz CT molecular complexity index is 2000. The summed E-state index contributed by atoms with van der Waals surface area (Å²) >= 11 is 0. The van der Waals surface area contributed by atoms with E-state index in [0.29, 0.717) is 30.8 Å². The summed E-state index contributed by atoms with van der Waals surface area (Å²) in [7, 11) is 0. The zero-order chi connectivity index (χ0) is 40.2. The molecule has 1 aromatic heterocycles. The maximum absolute atomic E-state index is 14.8. The molecule has 3 N–H and O–H groups in total. The van der Waals surface area contributed by atoms with Crippen molar-refractivity contribution < 1.29 is 23.9 Å². The number of aromatic nitrogens is 3. The van der Waals surface area contributed by atoms with Gasteiger partial charge in [0.25, 0.3) is 0 Å². The van der Waals surface area contributed by atoms with Crippen LogP contribution in [-0.4, -0.2) is 80.5 Å². The Balaban J connectivity index is 1.18. The van der Waals surface area contributed by atoms with Crippen LogP contribution in [-0.2, 0) is 25.5 Å². The summed E-state index contributed by atoms with van der Waals surface area (Å²) in [5.74, 6) is -1.46. The van der Waals surface area contributed by atoms with Gasteiger partial charge in [-0.05, 0) is 49.5 Å². The third-order valence-corrected chi connectivity index (χ3v) is 11.5. The number of likely N-dealkylation sites (tertiary alicyclic amines) is 1. The number of alkyl carbamates (subject to hydrolysis) is 1. The first-order chi connectivity index (χ1) is 27.5. The number of ether oxygens (including phenoxy) is 1. The van der Waals surface area contributed by atoms with Gasteiger partial charge in [-0.3, -0.25) is 14.4 Å². The summed E-state index contributed by atoms with van der Waals surface area (Å²) in [4.78, 5) is 59.6. The van der Waals surface area contributed by atoms with Crippen LogP contribution in [0.1, 0.15) is 70.9 Å². The highest BCUT2D eigenvalue weighted by molar-refractivity contribution is 5.98. The second-order valence-electron chi connectivity index (χ2n) is 16.6. The molecule has 4 aromatic rings. The van der Waals surface area contributed by atoms with Gasteiger partial charge in [0, 0.05) is 36.6 Å². The SMILES string of the molecule is C=CC1CC1(NC(=O)C1CC(n2nc(-c3ccccc3)c(-c3ccccc3)n2)CN1C(=O)C(NC(=O)OC1CCCC1)C(C)(C)C)C(=O)NCCc1ccccc1. The minimum atomic E-state index is -1.19. The zero-order valence-electron chi connectivity index (χ0n) is 33.0. The van der Waals surface area contributed by atoms with Gasteiger partial charge in [0.15, 0.2) is 0 Å². The van der Waals surface area contributed by atoms with E-state index in [1.54, 1.807) is 10.9 Å². The van der Waals surface area contributed by atoms with Crippen molar-refractivity contribution in [3.05, 3.63) is 109 Å². The Morgan fingerprint density at radius 3 is 2.02 bits per heavy atom. The molecule has 7 rings (SSSR count). The number of benzene rings is 3. The van der Waals surface area contributed by atoms with Crippen molar-refractivity contribution in [3.8, 4) is 22.5 Å². The highest BCUT2D eigenvalue weighted by Crippen LogP contribution is 2.45. The van der Waals surface area contributed by atoms with Gasteiger partial charge in [-0.2, -0.15) is 15.0 Å². The van der Waals surface area contributed by atoms with Gasteiger partial charge in [-0.1, -0.05) is 118 Å². The van der Waals surface area contributed by atoms with Crippen LogP contribution >= 0.6 is 0 Å². The van der Waals surface area contributed by atoms with E-state index < -0.39 is 47.0 Å². The van der Waals surface area contributed by atoms with Gasteiger partial charge in [-0.15, -0.1) is 6.58 Å². The average Bonchev–Trinajstić information content (AvgIpc) is 3.63.